The van der Waals surface area contributed by atoms with E-state index in [1.807, 2.05) is 26.1 Å². The first-order chi connectivity index (χ1) is 11.1. The Labute approximate surface area is 141 Å². The third kappa shape index (κ3) is 3.39. The molecule has 0 aliphatic heterocycles. The zero-order valence-corrected chi connectivity index (χ0v) is 14.5. The number of pyridine rings is 1. The number of aryl methyl sites for hydroxylation is 1. The normalized spacial score (nSPS) is 15.0. The highest BCUT2D eigenvalue weighted by Crippen LogP contribution is 2.25. The first kappa shape index (κ1) is 16.0. The van der Waals surface area contributed by atoms with Crippen LogP contribution in [-0.4, -0.2) is 28.1 Å². The predicted octanol–water partition coefficient (Wildman–Crippen LogP) is 3.09. The van der Waals surface area contributed by atoms with Crippen LogP contribution in [0.4, 0.5) is 0 Å². The molecule has 1 aromatic carbocycles. The van der Waals surface area contributed by atoms with Gasteiger partial charge in [0.25, 0.3) is 5.56 Å². The number of fused-ring (bicyclic) bond motifs is 1. The van der Waals surface area contributed by atoms with Gasteiger partial charge in [0, 0.05) is 24.2 Å². The minimum absolute atomic E-state index is 0.0231. The molecule has 1 saturated carbocycles. The van der Waals surface area contributed by atoms with E-state index in [9.17, 15) is 4.79 Å². The van der Waals surface area contributed by atoms with Crippen LogP contribution < -0.4 is 10.9 Å². The van der Waals surface area contributed by atoms with Crippen LogP contribution in [-0.2, 0) is 6.54 Å². The van der Waals surface area contributed by atoms with Crippen molar-refractivity contribution in [1.29, 1.82) is 0 Å². The van der Waals surface area contributed by atoms with Gasteiger partial charge in [-0.25, -0.2) is 0 Å². The van der Waals surface area contributed by atoms with Gasteiger partial charge in [0.05, 0.1) is 6.54 Å². The van der Waals surface area contributed by atoms with Crippen molar-refractivity contribution in [3.05, 3.63) is 45.7 Å². The van der Waals surface area contributed by atoms with Crippen molar-refractivity contribution in [3.63, 3.8) is 0 Å². The monoisotopic (exact) mass is 329 g/mol. The highest BCUT2D eigenvalue weighted by atomic mass is 32.1. The molecule has 1 aliphatic rings. The number of rotatable bonds is 3. The van der Waals surface area contributed by atoms with Gasteiger partial charge in [-0.2, -0.15) is 0 Å². The van der Waals surface area contributed by atoms with Crippen molar-refractivity contribution in [2.24, 2.45) is 0 Å². The highest BCUT2D eigenvalue weighted by Gasteiger charge is 2.25. The molecule has 1 aliphatic carbocycles. The number of nitrogens with zero attached hydrogens (tertiary/aromatic N) is 1. The van der Waals surface area contributed by atoms with Crippen LogP contribution in [0, 0.1) is 6.92 Å². The fourth-order valence-corrected chi connectivity index (χ4v) is 3.60. The number of benzene rings is 1. The summed E-state index contributed by atoms with van der Waals surface area (Å²) in [5.74, 6) is 0. The molecule has 1 heterocycles. The first-order valence-corrected chi connectivity index (χ1v) is 8.60. The molecule has 0 bridgehead atoms. The quantitative estimate of drug-likeness (QED) is 0.850. The molecule has 0 atom stereocenters. The fourth-order valence-electron chi connectivity index (χ4n) is 3.39. The summed E-state index contributed by atoms with van der Waals surface area (Å²) in [4.78, 5) is 17.6. The standard InChI is InChI=1S/C18H23N3OS/c1-12-7-8-13-10-14(17(22)20-16(13)9-12)11-21(18(23)19-2)15-5-3-4-6-15/h7-10,15H,3-6,11H2,1-2H3,(H,19,23)(H,20,22). The molecule has 0 radical (unpaired) electrons. The van der Waals surface area contributed by atoms with Gasteiger partial charge in [-0.05, 0) is 55.1 Å². The molecule has 4 nitrogen and oxygen atoms in total. The number of nitrogens with one attached hydrogen (secondary N) is 2. The SMILES string of the molecule is CNC(=S)N(Cc1cc2ccc(C)cc2[nH]c1=O)C1CCCC1. The van der Waals surface area contributed by atoms with Gasteiger partial charge in [0.1, 0.15) is 0 Å². The summed E-state index contributed by atoms with van der Waals surface area (Å²) < 4.78 is 0. The molecular formula is C18H23N3OS. The van der Waals surface area contributed by atoms with Crippen molar-refractivity contribution >= 4 is 28.2 Å². The summed E-state index contributed by atoms with van der Waals surface area (Å²) >= 11 is 5.47. The number of aromatic nitrogens is 1. The topological polar surface area (TPSA) is 48.1 Å². The molecule has 0 unspecified atom stereocenters. The molecule has 122 valence electrons. The summed E-state index contributed by atoms with van der Waals surface area (Å²) in [6.07, 6.45) is 4.76. The van der Waals surface area contributed by atoms with Crippen LogP contribution in [0.5, 0.6) is 0 Å². The summed E-state index contributed by atoms with van der Waals surface area (Å²) in [5, 5.41) is 4.86. The van der Waals surface area contributed by atoms with Gasteiger partial charge < -0.3 is 15.2 Å². The van der Waals surface area contributed by atoms with E-state index in [1.54, 1.807) is 0 Å². The lowest BCUT2D eigenvalue weighted by atomic mass is 10.1. The van der Waals surface area contributed by atoms with E-state index in [4.69, 9.17) is 12.2 Å². The van der Waals surface area contributed by atoms with E-state index in [1.165, 1.54) is 12.8 Å². The molecule has 5 heteroatoms. The third-order valence-electron chi connectivity index (χ3n) is 4.66. The van der Waals surface area contributed by atoms with Crippen LogP contribution in [0.1, 0.15) is 36.8 Å². The van der Waals surface area contributed by atoms with Crippen molar-refractivity contribution < 1.29 is 0 Å². The summed E-state index contributed by atoms with van der Waals surface area (Å²) in [6.45, 7) is 2.59. The van der Waals surface area contributed by atoms with E-state index in [0.717, 1.165) is 40.0 Å². The van der Waals surface area contributed by atoms with Gasteiger partial charge in [0.2, 0.25) is 0 Å². The van der Waals surface area contributed by atoms with Crippen LogP contribution in [0.15, 0.2) is 29.1 Å². The van der Waals surface area contributed by atoms with E-state index in [0.29, 0.717) is 12.6 Å². The molecular weight excluding hydrogens is 306 g/mol. The Morgan fingerprint density at radius 1 is 1.35 bits per heavy atom. The number of thiocarbonyl (C=S) groups is 1. The Morgan fingerprint density at radius 2 is 2.09 bits per heavy atom. The Morgan fingerprint density at radius 3 is 2.78 bits per heavy atom. The molecule has 2 N–H and O–H groups in total. The highest BCUT2D eigenvalue weighted by molar-refractivity contribution is 7.80. The van der Waals surface area contributed by atoms with Gasteiger partial charge >= 0.3 is 0 Å². The molecule has 23 heavy (non-hydrogen) atoms. The Bertz CT molecular complexity index is 777. The van der Waals surface area contributed by atoms with Crippen molar-refractivity contribution in [2.75, 3.05) is 7.05 Å². The fraction of sp³-hybridized carbons (Fsp3) is 0.444. The van der Waals surface area contributed by atoms with Crippen molar-refractivity contribution in [1.82, 2.24) is 15.2 Å². The minimum Gasteiger partial charge on any atom is -0.366 e. The van der Waals surface area contributed by atoms with Gasteiger partial charge in [-0.15, -0.1) is 0 Å². The van der Waals surface area contributed by atoms with Crippen LogP contribution in [0.25, 0.3) is 10.9 Å². The molecule has 0 amide bonds. The molecule has 1 fully saturated rings. The number of hydrogen-bond donors (Lipinski definition) is 2. The summed E-state index contributed by atoms with van der Waals surface area (Å²) in [5.41, 5.74) is 2.78. The van der Waals surface area contributed by atoms with Gasteiger partial charge in [0.15, 0.2) is 5.11 Å². The van der Waals surface area contributed by atoms with Crippen molar-refractivity contribution in [2.45, 2.75) is 45.2 Å². The lowest BCUT2D eigenvalue weighted by Crippen LogP contribution is -2.44. The largest absolute Gasteiger partial charge is 0.366 e. The van der Waals surface area contributed by atoms with Gasteiger partial charge in [-0.3, -0.25) is 4.79 Å². The molecule has 0 saturated heterocycles. The van der Waals surface area contributed by atoms with E-state index >= 15 is 0 Å². The minimum atomic E-state index is -0.0231. The maximum Gasteiger partial charge on any atom is 0.253 e. The van der Waals surface area contributed by atoms with Crippen LogP contribution in [0.2, 0.25) is 0 Å². The van der Waals surface area contributed by atoms with E-state index in [2.05, 4.69) is 27.3 Å². The third-order valence-corrected chi connectivity index (χ3v) is 5.10. The van der Waals surface area contributed by atoms with Crippen LogP contribution >= 0.6 is 12.2 Å². The summed E-state index contributed by atoms with van der Waals surface area (Å²) in [7, 11) is 1.84. The van der Waals surface area contributed by atoms with Crippen molar-refractivity contribution in [3.8, 4) is 0 Å². The molecule has 0 spiro atoms. The smallest absolute Gasteiger partial charge is 0.253 e. The average molecular weight is 329 g/mol. The second kappa shape index (κ2) is 6.71. The zero-order valence-electron chi connectivity index (χ0n) is 13.7. The molecule has 1 aromatic heterocycles. The summed E-state index contributed by atoms with van der Waals surface area (Å²) in [6, 6.07) is 8.56. The lowest BCUT2D eigenvalue weighted by molar-refractivity contribution is 0.304. The predicted molar refractivity (Wildman–Crippen MR) is 98.8 cm³/mol. The zero-order chi connectivity index (χ0) is 16.4. The van der Waals surface area contributed by atoms with Crippen LogP contribution in [0.3, 0.4) is 0 Å². The number of hydrogen-bond acceptors (Lipinski definition) is 2. The second-order valence-corrected chi connectivity index (χ2v) is 6.72. The Kier molecular flexibility index (Phi) is 4.66. The second-order valence-electron chi connectivity index (χ2n) is 6.34. The molecule has 2 aromatic rings. The van der Waals surface area contributed by atoms with E-state index < -0.39 is 0 Å². The first-order valence-electron chi connectivity index (χ1n) is 8.19. The lowest BCUT2D eigenvalue weighted by Gasteiger charge is -2.31. The van der Waals surface area contributed by atoms with E-state index in [-0.39, 0.29) is 5.56 Å². The molecule has 3 rings (SSSR count). The number of H-pyrrole nitrogens is 1. The maximum absolute atomic E-state index is 12.5. The maximum atomic E-state index is 12.5. The van der Waals surface area contributed by atoms with Gasteiger partial charge in [-0.1, -0.05) is 25.0 Å². The number of aromatic amines is 1. The Balaban J connectivity index is 1.94. The Hall–Kier alpha value is -1.88. The average Bonchev–Trinajstić information content (AvgIpc) is 3.06.